The Bertz CT molecular complexity index is 602. The second-order valence-corrected chi connectivity index (χ2v) is 4.57. The number of halogens is 2. The van der Waals surface area contributed by atoms with Crippen LogP contribution in [0.5, 0.6) is 5.75 Å². The molecule has 0 aliphatic heterocycles. The highest BCUT2D eigenvalue weighted by molar-refractivity contribution is 9.10. The molecular weight excluding hydrogens is 313 g/mol. The molecule has 2 aromatic carbocycles. The minimum atomic E-state index is -0.584. The van der Waals surface area contributed by atoms with Gasteiger partial charge in [-0.1, -0.05) is 30.3 Å². The topological polar surface area (TPSA) is 38.7 Å². The first-order chi connectivity index (χ1) is 9.20. The average molecular weight is 322 g/mol. The van der Waals surface area contributed by atoms with E-state index in [2.05, 4.69) is 20.9 Å². The number of hydrogen-bond donors (Lipinski definition) is 0. The third kappa shape index (κ3) is 3.50. The van der Waals surface area contributed by atoms with Crippen LogP contribution in [0.4, 0.5) is 10.1 Å². The molecule has 0 aliphatic carbocycles. The summed E-state index contributed by atoms with van der Waals surface area (Å²) >= 11 is 3.19. The molecule has 96 valence electrons. The van der Waals surface area contributed by atoms with E-state index in [9.17, 15) is 9.18 Å². The average Bonchev–Trinajstić information content (AvgIpc) is 2.39. The molecule has 0 heterocycles. The molecule has 2 aromatic rings. The predicted molar refractivity (Wildman–Crippen MR) is 72.7 cm³/mol. The van der Waals surface area contributed by atoms with Crippen molar-refractivity contribution in [1.82, 2.24) is 0 Å². The number of aliphatic imine (C=N–C) groups is 1. The summed E-state index contributed by atoms with van der Waals surface area (Å²) in [6, 6.07) is 12.0. The summed E-state index contributed by atoms with van der Waals surface area (Å²) < 4.78 is 19.6. The van der Waals surface area contributed by atoms with Gasteiger partial charge in [0.2, 0.25) is 6.08 Å². The van der Waals surface area contributed by atoms with Gasteiger partial charge in [0.25, 0.3) is 0 Å². The van der Waals surface area contributed by atoms with Crippen LogP contribution in [0.15, 0.2) is 51.9 Å². The molecule has 2 rings (SSSR count). The van der Waals surface area contributed by atoms with Crippen LogP contribution in [0.1, 0.15) is 5.56 Å². The third-order valence-corrected chi connectivity index (χ3v) is 2.97. The monoisotopic (exact) mass is 321 g/mol. The summed E-state index contributed by atoms with van der Waals surface area (Å²) in [5.74, 6) is -0.493. The molecule has 19 heavy (non-hydrogen) atoms. The molecule has 0 saturated carbocycles. The van der Waals surface area contributed by atoms with E-state index >= 15 is 0 Å². The van der Waals surface area contributed by atoms with Gasteiger partial charge in [-0.3, -0.25) is 0 Å². The van der Waals surface area contributed by atoms with Gasteiger partial charge in [0.15, 0.2) is 11.6 Å². The van der Waals surface area contributed by atoms with Crippen LogP contribution >= 0.6 is 15.9 Å². The van der Waals surface area contributed by atoms with Crippen molar-refractivity contribution in [3.63, 3.8) is 0 Å². The molecule has 0 N–H and O–H groups in total. The standard InChI is InChI=1S/C14H9BrFNO2/c15-12-6-11(17-9-18)7-13(16)14(12)19-8-10-4-2-1-3-5-10/h1-7H,8H2. The first-order valence-electron chi connectivity index (χ1n) is 5.44. The summed E-state index contributed by atoms with van der Waals surface area (Å²) in [4.78, 5) is 13.5. The van der Waals surface area contributed by atoms with E-state index in [4.69, 9.17) is 4.74 Å². The molecule has 0 spiro atoms. The Morgan fingerprint density at radius 1 is 1.26 bits per heavy atom. The van der Waals surface area contributed by atoms with Gasteiger partial charge in [0.05, 0.1) is 10.2 Å². The molecule has 0 saturated heterocycles. The van der Waals surface area contributed by atoms with E-state index in [1.54, 1.807) is 0 Å². The maximum atomic E-state index is 13.8. The molecule has 3 nitrogen and oxygen atoms in total. The Morgan fingerprint density at radius 2 is 2.00 bits per heavy atom. The van der Waals surface area contributed by atoms with Crippen molar-refractivity contribution in [1.29, 1.82) is 0 Å². The second kappa shape index (κ2) is 6.27. The summed E-state index contributed by atoms with van der Waals surface area (Å²) in [6.45, 7) is 0.257. The fourth-order valence-corrected chi connectivity index (χ4v) is 2.07. The van der Waals surface area contributed by atoms with Crippen molar-refractivity contribution in [2.75, 3.05) is 0 Å². The lowest BCUT2D eigenvalue weighted by Gasteiger charge is -2.09. The number of nitrogens with zero attached hydrogens (tertiary/aromatic N) is 1. The minimum Gasteiger partial charge on any atom is -0.485 e. The Balaban J connectivity index is 2.19. The van der Waals surface area contributed by atoms with E-state index in [1.807, 2.05) is 30.3 Å². The zero-order valence-corrected chi connectivity index (χ0v) is 11.4. The zero-order chi connectivity index (χ0) is 13.7. The van der Waals surface area contributed by atoms with Gasteiger partial charge in [0.1, 0.15) is 6.61 Å². The van der Waals surface area contributed by atoms with Crippen molar-refractivity contribution in [2.45, 2.75) is 6.61 Å². The van der Waals surface area contributed by atoms with Gasteiger partial charge in [-0.2, -0.15) is 4.99 Å². The first-order valence-corrected chi connectivity index (χ1v) is 6.23. The van der Waals surface area contributed by atoms with Crippen LogP contribution in [0.3, 0.4) is 0 Å². The maximum absolute atomic E-state index is 13.8. The van der Waals surface area contributed by atoms with E-state index < -0.39 is 5.82 Å². The van der Waals surface area contributed by atoms with Crippen LogP contribution in [0, 0.1) is 5.82 Å². The normalized spacial score (nSPS) is 9.79. The van der Waals surface area contributed by atoms with Crippen molar-refractivity contribution in [3.05, 3.63) is 58.3 Å². The highest BCUT2D eigenvalue weighted by atomic mass is 79.9. The Kier molecular flexibility index (Phi) is 4.44. The molecule has 0 bridgehead atoms. The lowest BCUT2D eigenvalue weighted by molar-refractivity contribution is 0.288. The zero-order valence-electron chi connectivity index (χ0n) is 9.77. The molecule has 0 aromatic heterocycles. The van der Waals surface area contributed by atoms with Crippen LogP contribution in [0.25, 0.3) is 0 Å². The fraction of sp³-hybridized carbons (Fsp3) is 0.0714. The highest BCUT2D eigenvalue weighted by Gasteiger charge is 2.11. The second-order valence-electron chi connectivity index (χ2n) is 3.72. The van der Waals surface area contributed by atoms with Crippen molar-refractivity contribution in [3.8, 4) is 5.75 Å². The molecule has 0 unspecified atom stereocenters. The molecular formula is C14H9BrFNO2. The lowest BCUT2D eigenvalue weighted by atomic mass is 10.2. The predicted octanol–water partition coefficient (Wildman–Crippen LogP) is 4.13. The quantitative estimate of drug-likeness (QED) is 0.627. The summed E-state index contributed by atoms with van der Waals surface area (Å²) in [6.07, 6.45) is 1.36. The van der Waals surface area contributed by atoms with Crippen LogP contribution < -0.4 is 4.74 Å². The third-order valence-electron chi connectivity index (χ3n) is 2.38. The number of isocyanates is 1. The Hall–Kier alpha value is -1.97. The van der Waals surface area contributed by atoms with E-state index in [-0.39, 0.29) is 18.0 Å². The van der Waals surface area contributed by atoms with Gasteiger partial charge in [-0.25, -0.2) is 9.18 Å². The number of rotatable bonds is 4. The SMILES string of the molecule is O=C=Nc1cc(F)c(OCc2ccccc2)c(Br)c1. The Morgan fingerprint density at radius 3 is 2.63 bits per heavy atom. The number of hydrogen-bond acceptors (Lipinski definition) is 3. The number of benzene rings is 2. The van der Waals surface area contributed by atoms with Gasteiger partial charge in [0, 0.05) is 6.07 Å². The largest absolute Gasteiger partial charge is 0.485 e. The first kappa shape index (κ1) is 13.5. The van der Waals surface area contributed by atoms with E-state index in [0.717, 1.165) is 11.6 Å². The smallest absolute Gasteiger partial charge is 0.240 e. The number of carbonyl (C=O) groups excluding carboxylic acids is 1. The summed E-state index contributed by atoms with van der Waals surface area (Å²) in [7, 11) is 0. The Labute approximate surface area is 117 Å². The molecule has 0 aliphatic rings. The van der Waals surface area contributed by atoms with Gasteiger partial charge in [-0.15, -0.1) is 0 Å². The highest BCUT2D eigenvalue weighted by Crippen LogP contribution is 2.33. The van der Waals surface area contributed by atoms with E-state index in [0.29, 0.717) is 4.47 Å². The minimum absolute atomic E-state index is 0.0914. The van der Waals surface area contributed by atoms with Crippen LogP contribution in [0.2, 0.25) is 0 Å². The maximum Gasteiger partial charge on any atom is 0.240 e. The van der Waals surface area contributed by atoms with Crippen LogP contribution in [-0.2, 0) is 11.4 Å². The molecule has 0 radical (unpaired) electrons. The molecule has 0 atom stereocenters. The summed E-state index contributed by atoms with van der Waals surface area (Å²) in [5, 5.41) is 0. The van der Waals surface area contributed by atoms with Gasteiger partial charge in [-0.05, 0) is 27.6 Å². The van der Waals surface area contributed by atoms with Crippen LogP contribution in [-0.4, -0.2) is 6.08 Å². The van der Waals surface area contributed by atoms with E-state index in [1.165, 1.54) is 12.1 Å². The van der Waals surface area contributed by atoms with Gasteiger partial charge < -0.3 is 4.74 Å². The molecule has 0 amide bonds. The van der Waals surface area contributed by atoms with Gasteiger partial charge >= 0.3 is 0 Å². The van der Waals surface area contributed by atoms with Crippen molar-refractivity contribution < 1.29 is 13.9 Å². The molecule has 5 heteroatoms. The summed E-state index contributed by atoms with van der Waals surface area (Å²) in [5.41, 5.74) is 1.12. The van der Waals surface area contributed by atoms with Crippen molar-refractivity contribution >= 4 is 27.7 Å². The fourth-order valence-electron chi connectivity index (χ4n) is 1.53. The van der Waals surface area contributed by atoms with Crippen molar-refractivity contribution in [2.24, 2.45) is 4.99 Å². The molecule has 0 fully saturated rings. The lowest BCUT2D eigenvalue weighted by Crippen LogP contribution is -1.98. The number of ether oxygens (including phenoxy) is 1.